The molecule has 0 amide bonds. The first-order valence-corrected chi connectivity index (χ1v) is 15.8. The number of benzene rings is 4. The lowest BCUT2D eigenvalue weighted by molar-refractivity contribution is 0.130. The van der Waals surface area contributed by atoms with Crippen LogP contribution in [0.1, 0.15) is 41.5 Å². The molecule has 4 aromatic rings. The molecule has 4 aromatic carbocycles. The molecule has 0 saturated carbocycles. The van der Waals surface area contributed by atoms with Gasteiger partial charge in [-0.25, -0.2) is 30.4 Å². The summed E-state index contributed by atoms with van der Waals surface area (Å²) in [4.78, 5) is 1.45. The fourth-order valence-electron chi connectivity index (χ4n) is 3.76. The molecule has 0 aliphatic rings. The summed E-state index contributed by atoms with van der Waals surface area (Å²) in [5.74, 6) is -11.0. The van der Waals surface area contributed by atoms with Gasteiger partial charge in [0.2, 0.25) is 5.82 Å². The van der Waals surface area contributed by atoms with Crippen LogP contribution in [0.15, 0.2) is 98.4 Å². The Balaban J connectivity index is 0.000000297. The van der Waals surface area contributed by atoms with Crippen LogP contribution >= 0.6 is 0 Å². The van der Waals surface area contributed by atoms with E-state index >= 15 is 0 Å². The van der Waals surface area contributed by atoms with Crippen molar-refractivity contribution in [3.05, 3.63) is 108 Å². The number of ether oxygens (including phenoxy) is 2. The summed E-state index contributed by atoms with van der Waals surface area (Å²) in [6.45, 7) is 12.4. The number of hydrogen-bond donors (Lipinski definition) is 0. The van der Waals surface area contributed by atoms with Crippen LogP contribution in [0.25, 0.3) is 0 Å². The Morgan fingerprint density at radius 2 is 0.864 bits per heavy atom. The van der Waals surface area contributed by atoms with Crippen molar-refractivity contribution >= 4 is 21.0 Å². The number of hydrogen-bond acceptors (Lipinski definition) is 5. The van der Waals surface area contributed by atoms with Gasteiger partial charge in [0.05, 0.1) is 10.9 Å². The average molecular weight is 655 g/mol. The molecule has 0 N–H and O–H groups in total. The predicted molar refractivity (Wildman–Crippen MR) is 156 cm³/mol. The van der Waals surface area contributed by atoms with Crippen molar-refractivity contribution in [2.24, 2.45) is 0 Å². The summed E-state index contributed by atoms with van der Waals surface area (Å²) in [7, 11) is -5.96. The van der Waals surface area contributed by atoms with Crippen molar-refractivity contribution < 1.29 is 44.4 Å². The molecular formula is C32H31F5O5S2. The third-order valence-electron chi connectivity index (χ3n) is 5.37. The molecule has 0 unspecified atom stereocenters. The largest absolute Gasteiger partial charge is 0.744 e. The fourth-order valence-corrected chi connectivity index (χ4v) is 6.44. The van der Waals surface area contributed by atoms with Gasteiger partial charge >= 0.3 is 0 Å². The van der Waals surface area contributed by atoms with Crippen LogP contribution in [0.5, 0.6) is 11.5 Å². The number of halogens is 5. The van der Waals surface area contributed by atoms with E-state index in [2.05, 4.69) is 120 Å². The molecule has 0 aromatic heterocycles. The first kappa shape index (κ1) is 34.9. The smallest absolute Gasteiger partial charge is 0.200 e. The summed E-state index contributed by atoms with van der Waals surface area (Å²) < 4.78 is 105. The standard InChI is InChI=1S/C26H31O2S.C6HF5O3S/c1-25(2,3)27-20-12-16-23(17-13-20)29(22-10-8-7-9-11-22)24-18-14-21(15-19-24)28-26(4,5)6;7-1-2(8)4(10)6(15(12,13)14)5(11)3(1)9/h7-19H,1-6H3;(H,12,13,14)/q+1;/p-1. The summed E-state index contributed by atoms with van der Waals surface area (Å²) in [5, 5.41) is 0. The van der Waals surface area contributed by atoms with Gasteiger partial charge in [0, 0.05) is 0 Å². The van der Waals surface area contributed by atoms with Crippen molar-refractivity contribution in [2.45, 2.75) is 72.3 Å². The molecule has 0 bridgehead atoms. The van der Waals surface area contributed by atoms with Gasteiger partial charge < -0.3 is 14.0 Å². The van der Waals surface area contributed by atoms with Crippen molar-refractivity contribution in [1.82, 2.24) is 0 Å². The van der Waals surface area contributed by atoms with E-state index in [9.17, 15) is 34.9 Å². The summed E-state index contributed by atoms with van der Waals surface area (Å²) >= 11 is 0. The monoisotopic (exact) mass is 654 g/mol. The Kier molecular flexibility index (Phi) is 10.8. The van der Waals surface area contributed by atoms with Crippen LogP contribution < -0.4 is 9.47 Å². The molecule has 0 spiro atoms. The van der Waals surface area contributed by atoms with Crippen LogP contribution in [-0.2, 0) is 21.0 Å². The van der Waals surface area contributed by atoms with Gasteiger partial charge in [-0.3, -0.25) is 0 Å². The van der Waals surface area contributed by atoms with Gasteiger partial charge in [-0.05, 0) is 102 Å². The highest BCUT2D eigenvalue weighted by Gasteiger charge is 2.30. The second-order valence-corrected chi connectivity index (χ2v) is 14.7. The molecule has 44 heavy (non-hydrogen) atoms. The zero-order chi connectivity index (χ0) is 33.0. The van der Waals surface area contributed by atoms with Crippen molar-refractivity contribution in [3.8, 4) is 11.5 Å². The Morgan fingerprint density at radius 3 is 1.18 bits per heavy atom. The van der Waals surface area contributed by atoms with E-state index in [0.29, 0.717) is 0 Å². The summed E-state index contributed by atoms with van der Waals surface area (Å²) in [6, 6.07) is 27.6. The zero-order valence-corrected chi connectivity index (χ0v) is 26.4. The predicted octanol–water partition coefficient (Wildman–Crippen LogP) is 8.42. The molecular weight excluding hydrogens is 623 g/mol. The zero-order valence-electron chi connectivity index (χ0n) is 24.8. The minimum absolute atomic E-state index is 0.189. The van der Waals surface area contributed by atoms with Crippen LogP contribution in [0, 0.1) is 29.1 Å². The molecule has 5 nitrogen and oxygen atoms in total. The third kappa shape index (κ3) is 9.20. The first-order valence-electron chi connectivity index (χ1n) is 13.1. The quantitative estimate of drug-likeness (QED) is 0.0686. The van der Waals surface area contributed by atoms with Gasteiger partial charge in [0.15, 0.2) is 38.0 Å². The third-order valence-corrected chi connectivity index (χ3v) is 8.45. The minimum atomic E-state index is -5.77. The molecule has 0 radical (unpaired) electrons. The van der Waals surface area contributed by atoms with Gasteiger partial charge in [-0.2, -0.15) is 0 Å². The highest BCUT2D eigenvalue weighted by Crippen LogP contribution is 2.34. The van der Waals surface area contributed by atoms with E-state index in [0.717, 1.165) is 11.5 Å². The van der Waals surface area contributed by atoms with Crippen LogP contribution in [0.3, 0.4) is 0 Å². The lowest BCUT2D eigenvalue weighted by Crippen LogP contribution is -2.23. The number of rotatable bonds is 6. The highest BCUT2D eigenvalue weighted by atomic mass is 32.2. The van der Waals surface area contributed by atoms with E-state index in [-0.39, 0.29) is 22.1 Å². The highest BCUT2D eigenvalue weighted by molar-refractivity contribution is 7.97. The van der Waals surface area contributed by atoms with Crippen molar-refractivity contribution in [2.75, 3.05) is 0 Å². The molecule has 4 rings (SSSR count). The van der Waals surface area contributed by atoms with Crippen LogP contribution in [-0.4, -0.2) is 24.2 Å². The molecule has 0 aliphatic heterocycles. The van der Waals surface area contributed by atoms with E-state index in [1.54, 1.807) is 0 Å². The van der Waals surface area contributed by atoms with E-state index < -0.39 is 44.1 Å². The van der Waals surface area contributed by atoms with Crippen molar-refractivity contribution in [3.63, 3.8) is 0 Å². The maximum Gasteiger partial charge on any atom is 0.200 e. The normalized spacial score (nSPS) is 12.0. The Hall–Kier alpha value is -3.61. The lowest BCUT2D eigenvalue weighted by Gasteiger charge is -2.21. The maximum atomic E-state index is 12.6. The molecule has 236 valence electrons. The Bertz CT molecular complexity index is 1590. The molecule has 0 fully saturated rings. The summed E-state index contributed by atoms with van der Waals surface area (Å²) in [5.41, 5.74) is -0.406. The second kappa shape index (κ2) is 13.6. The lowest BCUT2D eigenvalue weighted by atomic mass is 10.2. The minimum Gasteiger partial charge on any atom is -0.744 e. The second-order valence-electron chi connectivity index (χ2n) is 11.3. The summed E-state index contributed by atoms with van der Waals surface area (Å²) in [6.07, 6.45) is 0. The van der Waals surface area contributed by atoms with E-state index in [1.165, 1.54) is 14.7 Å². The fraction of sp³-hybridized carbons (Fsp3) is 0.250. The topological polar surface area (TPSA) is 75.7 Å². The van der Waals surface area contributed by atoms with Gasteiger partial charge in [-0.15, -0.1) is 0 Å². The van der Waals surface area contributed by atoms with Gasteiger partial charge in [-0.1, -0.05) is 18.2 Å². The van der Waals surface area contributed by atoms with Crippen LogP contribution in [0.2, 0.25) is 0 Å². The first-order chi connectivity index (χ1) is 20.3. The van der Waals surface area contributed by atoms with Crippen LogP contribution in [0.4, 0.5) is 22.0 Å². The Morgan fingerprint density at radius 1 is 0.545 bits per heavy atom. The molecule has 0 heterocycles. The molecule has 12 heteroatoms. The Labute approximate surface area is 256 Å². The van der Waals surface area contributed by atoms with E-state index in [4.69, 9.17) is 9.47 Å². The van der Waals surface area contributed by atoms with E-state index in [1.807, 2.05) is 0 Å². The molecule has 0 saturated heterocycles. The van der Waals surface area contributed by atoms with Gasteiger partial charge in [0.25, 0.3) is 0 Å². The SMILES string of the molecule is CC(C)(C)Oc1ccc([S+](c2ccccc2)c2ccc(OC(C)(C)C)cc2)cc1.O=S(=O)([O-])c1c(F)c(F)c(F)c(F)c1F. The van der Waals surface area contributed by atoms with Crippen molar-refractivity contribution in [1.29, 1.82) is 0 Å². The molecule has 0 aliphatic carbocycles. The maximum absolute atomic E-state index is 12.6. The molecule has 0 atom stereocenters. The average Bonchev–Trinajstić information content (AvgIpc) is 2.91. The van der Waals surface area contributed by atoms with Gasteiger partial charge in [0.1, 0.15) is 37.7 Å².